The fraction of sp³-hybridized carbons (Fsp3) is 0.318. The third kappa shape index (κ3) is 3.28. The van der Waals surface area contributed by atoms with Gasteiger partial charge in [0.15, 0.2) is 11.5 Å². The zero-order chi connectivity index (χ0) is 23.3. The highest BCUT2D eigenvalue weighted by Gasteiger charge is 2.66. The first-order valence-corrected chi connectivity index (χ1v) is 10.3. The summed E-state index contributed by atoms with van der Waals surface area (Å²) in [5, 5.41) is 26.6. The number of nitro benzene ring substituents is 1. The predicted octanol–water partition coefficient (Wildman–Crippen LogP) is 0.965. The highest BCUT2D eigenvalue weighted by Crippen LogP contribution is 2.48. The Morgan fingerprint density at radius 2 is 1.79 bits per heavy atom. The number of hydrogen-bond donors (Lipinski definition) is 3. The molecule has 2 amide bonds. The van der Waals surface area contributed by atoms with E-state index in [1.54, 1.807) is 18.2 Å². The molecule has 3 aliphatic rings. The van der Waals surface area contributed by atoms with Crippen LogP contribution < -0.4 is 20.1 Å². The van der Waals surface area contributed by atoms with Gasteiger partial charge in [-0.15, -0.1) is 0 Å². The van der Waals surface area contributed by atoms with Crippen LogP contribution in [0.5, 0.6) is 11.5 Å². The summed E-state index contributed by atoms with van der Waals surface area (Å²) in [5.41, 5.74) is -0.868. The lowest BCUT2D eigenvalue weighted by molar-refractivity contribution is -0.384. The van der Waals surface area contributed by atoms with E-state index in [9.17, 15) is 29.6 Å². The van der Waals surface area contributed by atoms with Crippen molar-refractivity contribution in [2.45, 2.75) is 18.0 Å². The lowest BCUT2D eigenvalue weighted by atomic mass is 9.76. The van der Waals surface area contributed by atoms with Gasteiger partial charge in [0.25, 0.3) is 5.69 Å². The summed E-state index contributed by atoms with van der Waals surface area (Å²) in [6.45, 7) is 0.770. The topological polar surface area (TPSA) is 157 Å². The Kier molecular flexibility index (Phi) is 4.78. The molecule has 4 unspecified atom stereocenters. The lowest BCUT2D eigenvalue weighted by Crippen LogP contribution is -2.57. The van der Waals surface area contributed by atoms with E-state index in [0.717, 1.165) is 0 Å². The first-order chi connectivity index (χ1) is 15.8. The van der Waals surface area contributed by atoms with Gasteiger partial charge in [0.1, 0.15) is 18.8 Å². The number of hydrogen-bond acceptors (Lipinski definition) is 8. The fourth-order valence-electron chi connectivity index (χ4n) is 4.96. The van der Waals surface area contributed by atoms with Crippen molar-refractivity contribution in [3.63, 3.8) is 0 Å². The van der Waals surface area contributed by atoms with Crippen molar-refractivity contribution in [3.05, 3.63) is 63.7 Å². The number of carboxylic acid groups (broad SMARTS) is 1. The summed E-state index contributed by atoms with van der Waals surface area (Å²) in [4.78, 5) is 48.5. The molecular weight excluding hydrogens is 434 g/mol. The minimum Gasteiger partial charge on any atom is -0.486 e. The fourth-order valence-corrected chi connectivity index (χ4v) is 4.96. The molecule has 170 valence electrons. The Bertz CT molecular complexity index is 1180. The van der Waals surface area contributed by atoms with Crippen molar-refractivity contribution < 1.29 is 33.9 Å². The number of benzene rings is 2. The molecule has 2 aromatic rings. The highest BCUT2D eigenvalue weighted by molar-refractivity contribution is 6.09. The highest BCUT2D eigenvalue weighted by atomic mass is 16.6. The van der Waals surface area contributed by atoms with Gasteiger partial charge >= 0.3 is 5.97 Å². The lowest BCUT2D eigenvalue weighted by Gasteiger charge is -2.30. The van der Waals surface area contributed by atoms with E-state index in [-0.39, 0.29) is 12.1 Å². The zero-order valence-electron chi connectivity index (χ0n) is 17.1. The van der Waals surface area contributed by atoms with Gasteiger partial charge < -0.3 is 14.6 Å². The largest absolute Gasteiger partial charge is 0.486 e. The van der Waals surface area contributed by atoms with E-state index >= 15 is 0 Å². The normalized spacial score (nSPS) is 27.7. The van der Waals surface area contributed by atoms with E-state index in [0.29, 0.717) is 35.8 Å². The number of imide groups is 1. The van der Waals surface area contributed by atoms with Crippen molar-refractivity contribution in [1.29, 1.82) is 0 Å². The SMILES string of the molecule is O=C1NC(=O)C2C1C(c1ccc3c(c1)OCCO3)NC2(Cc1ccc([N+](=O)[O-])cc1)C(=O)O. The van der Waals surface area contributed by atoms with Crippen LogP contribution >= 0.6 is 0 Å². The number of fused-ring (bicyclic) bond motifs is 2. The maximum Gasteiger partial charge on any atom is 0.325 e. The molecule has 0 spiro atoms. The van der Waals surface area contributed by atoms with Crippen molar-refractivity contribution in [3.8, 4) is 11.5 Å². The molecule has 0 bridgehead atoms. The number of rotatable bonds is 5. The molecular formula is C22H19N3O8. The molecule has 2 aromatic carbocycles. The summed E-state index contributed by atoms with van der Waals surface area (Å²) < 4.78 is 11.1. The molecule has 0 aromatic heterocycles. The molecule has 3 heterocycles. The van der Waals surface area contributed by atoms with Gasteiger partial charge in [-0.3, -0.25) is 35.1 Å². The van der Waals surface area contributed by atoms with Gasteiger partial charge in [-0.25, -0.2) is 0 Å². The minimum atomic E-state index is -1.80. The van der Waals surface area contributed by atoms with Crippen LogP contribution in [0, 0.1) is 22.0 Å². The summed E-state index contributed by atoms with van der Waals surface area (Å²) in [5.74, 6) is -3.61. The second kappa shape index (κ2) is 7.55. The molecule has 4 atom stereocenters. The van der Waals surface area contributed by atoms with E-state index in [4.69, 9.17) is 9.47 Å². The number of nitrogens with zero attached hydrogens (tertiary/aromatic N) is 1. The average molecular weight is 453 g/mol. The van der Waals surface area contributed by atoms with Crippen LogP contribution in [0.2, 0.25) is 0 Å². The molecule has 11 nitrogen and oxygen atoms in total. The van der Waals surface area contributed by atoms with Crippen LogP contribution in [0.15, 0.2) is 42.5 Å². The van der Waals surface area contributed by atoms with Crippen molar-refractivity contribution in [2.24, 2.45) is 11.8 Å². The van der Waals surface area contributed by atoms with Gasteiger partial charge in [-0.2, -0.15) is 0 Å². The van der Waals surface area contributed by atoms with Crippen LogP contribution in [0.25, 0.3) is 0 Å². The summed E-state index contributed by atoms with van der Waals surface area (Å²) in [7, 11) is 0. The van der Waals surface area contributed by atoms with Crippen LogP contribution in [-0.4, -0.2) is 46.6 Å². The van der Waals surface area contributed by atoms with Crippen molar-refractivity contribution in [1.82, 2.24) is 10.6 Å². The van der Waals surface area contributed by atoms with Gasteiger partial charge in [0.05, 0.1) is 16.8 Å². The molecule has 33 heavy (non-hydrogen) atoms. The molecule has 3 aliphatic heterocycles. The number of non-ortho nitro benzene ring substituents is 1. The molecule has 3 N–H and O–H groups in total. The molecule has 2 fully saturated rings. The third-order valence-corrected chi connectivity index (χ3v) is 6.43. The number of carboxylic acids is 1. The number of aliphatic carboxylic acids is 1. The van der Waals surface area contributed by atoms with Crippen molar-refractivity contribution >= 4 is 23.5 Å². The second-order valence-electron chi connectivity index (χ2n) is 8.26. The maximum atomic E-state index is 12.8. The van der Waals surface area contributed by atoms with Crippen molar-refractivity contribution in [2.75, 3.05) is 13.2 Å². The Labute approximate surface area is 186 Å². The van der Waals surface area contributed by atoms with E-state index in [1.165, 1.54) is 24.3 Å². The zero-order valence-corrected chi connectivity index (χ0v) is 17.1. The summed E-state index contributed by atoms with van der Waals surface area (Å²) >= 11 is 0. The Hall–Kier alpha value is -3.99. The van der Waals surface area contributed by atoms with Gasteiger partial charge in [0, 0.05) is 24.6 Å². The minimum absolute atomic E-state index is 0.136. The first-order valence-electron chi connectivity index (χ1n) is 10.3. The molecule has 11 heteroatoms. The van der Waals surface area contributed by atoms with Gasteiger partial charge in [-0.05, 0) is 23.3 Å². The van der Waals surface area contributed by atoms with Crippen LogP contribution in [-0.2, 0) is 20.8 Å². The quantitative estimate of drug-likeness (QED) is 0.341. The standard InChI is InChI=1S/C22H19N3O8/c26-19-16-17(20(27)23-19)22(21(28)29,10-11-1-4-13(5-2-11)25(30)31)24-18(16)12-3-6-14-15(9-12)33-8-7-32-14/h1-6,9,16-18,24H,7-8,10H2,(H,28,29)(H,23,26,27). The maximum absolute atomic E-state index is 12.8. The predicted molar refractivity (Wildman–Crippen MR) is 111 cm³/mol. The van der Waals surface area contributed by atoms with E-state index in [2.05, 4.69) is 10.6 Å². The first kappa shape index (κ1) is 20.9. The van der Waals surface area contributed by atoms with E-state index in [1.807, 2.05) is 0 Å². The summed E-state index contributed by atoms with van der Waals surface area (Å²) in [6, 6.07) is 9.76. The van der Waals surface area contributed by atoms with Gasteiger partial charge in [0.2, 0.25) is 11.8 Å². The summed E-state index contributed by atoms with van der Waals surface area (Å²) in [6.07, 6.45) is -0.150. The number of amides is 2. The molecule has 0 radical (unpaired) electrons. The second-order valence-corrected chi connectivity index (χ2v) is 8.26. The average Bonchev–Trinajstić information content (AvgIpc) is 3.30. The van der Waals surface area contributed by atoms with Crippen LogP contribution in [0.1, 0.15) is 17.2 Å². The van der Waals surface area contributed by atoms with Crippen LogP contribution in [0.3, 0.4) is 0 Å². The molecule has 5 rings (SSSR count). The number of carbonyl (C=O) groups is 3. The number of nitro groups is 1. The number of carbonyl (C=O) groups excluding carboxylic acids is 2. The molecule has 2 saturated heterocycles. The third-order valence-electron chi connectivity index (χ3n) is 6.43. The smallest absolute Gasteiger partial charge is 0.325 e. The Balaban J connectivity index is 1.55. The van der Waals surface area contributed by atoms with Crippen LogP contribution in [0.4, 0.5) is 5.69 Å². The monoisotopic (exact) mass is 453 g/mol. The number of nitrogens with one attached hydrogen (secondary N) is 2. The molecule has 0 saturated carbocycles. The number of ether oxygens (including phenoxy) is 2. The Morgan fingerprint density at radius 3 is 2.45 bits per heavy atom. The Morgan fingerprint density at radius 1 is 1.09 bits per heavy atom. The molecule has 0 aliphatic carbocycles. The van der Waals surface area contributed by atoms with Gasteiger partial charge in [-0.1, -0.05) is 18.2 Å². The van der Waals surface area contributed by atoms with E-state index < -0.39 is 46.1 Å².